The van der Waals surface area contributed by atoms with E-state index in [4.69, 9.17) is 0 Å². The van der Waals surface area contributed by atoms with Crippen LogP contribution >= 0.6 is 11.3 Å². The van der Waals surface area contributed by atoms with Gasteiger partial charge in [0.1, 0.15) is 0 Å². The largest absolute Gasteiger partial charge is 0.309 e. The van der Waals surface area contributed by atoms with E-state index in [0.717, 1.165) is 11.4 Å². The first-order chi connectivity index (χ1) is 25.0. The second-order valence-corrected chi connectivity index (χ2v) is 15.2. The molecule has 9 aromatic rings. The Morgan fingerprint density at radius 3 is 2.02 bits per heavy atom. The molecule has 1 heterocycles. The van der Waals surface area contributed by atoms with E-state index in [9.17, 15) is 0 Å². The van der Waals surface area contributed by atoms with Crippen molar-refractivity contribution in [2.75, 3.05) is 4.90 Å². The Kier molecular flexibility index (Phi) is 6.78. The highest BCUT2D eigenvalue weighted by atomic mass is 32.1. The van der Waals surface area contributed by atoms with Crippen LogP contribution in [0.25, 0.3) is 64.3 Å². The summed E-state index contributed by atoms with van der Waals surface area (Å²) in [5, 5.41) is 5.08. The SMILES string of the molecule is CC1(C)c2ccccc2-c2ccc(N(c3cc(-c4ccc5ccccc5c4)ccc3-c3ccccc3)c3cccc4sc5ccccc5c34)cc21. The summed E-state index contributed by atoms with van der Waals surface area (Å²) < 4.78 is 2.60. The van der Waals surface area contributed by atoms with E-state index in [1.807, 2.05) is 11.3 Å². The summed E-state index contributed by atoms with van der Waals surface area (Å²) in [6, 6.07) is 65.0. The van der Waals surface area contributed by atoms with Crippen LogP contribution in [0.15, 0.2) is 176 Å². The van der Waals surface area contributed by atoms with E-state index in [-0.39, 0.29) is 5.41 Å². The Balaban J connectivity index is 1.28. The number of fused-ring (bicyclic) bond motifs is 7. The zero-order valence-electron chi connectivity index (χ0n) is 28.6. The van der Waals surface area contributed by atoms with Gasteiger partial charge in [-0.15, -0.1) is 11.3 Å². The first-order valence-corrected chi connectivity index (χ1v) is 18.5. The second-order valence-electron chi connectivity index (χ2n) is 14.1. The molecule has 0 amide bonds. The fraction of sp³-hybridized carbons (Fsp3) is 0.0612. The van der Waals surface area contributed by atoms with E-state index in [1.54, 1.807) is 0 Å². The molecular formula is C49H35NS. The molecule has 0 aliphatic heterocycles. The maximum atomic E-state index is 2.54. The van der Waals surface area contributed by atoms with Crippen molar-refractivity contribution in [3.8, 4) is 33.4 Å². The van der Waals surface area contributed by atoms with Gasteiger partial charge in [-0.2, -0.15) is 0 Å². The molecule has 242 valence electrons. The molecule has 51 heavy (non-hydrogen) atoms. The average molecular weight is 670 g/mol. The Hall–Kier alpha value is -5.96. The van der Waals surface area contributed by atoms with Gasteiger partial charge in [-0.1, -0.05) is 147 Å². The molecule has 0 atom stereocenters. The maximum Gasteiger partial charge on any atom is 0.0555 e. The highest BCUT2D eigenvalue weighted by molar-refractivity contribution is 7.26. The van der Waals surface area contributed by atoms with E-state index in [2.05, 4.69) is 195 Å². The predicted octanol–water partition coefficient (Wildman–Crippen LogP) is 14.3. The molecular weight excluding hydrogens is 635 g/mol. The second kappa shape index (κ2) is 11.6. The van der Waals surface area contributed by atoms with Crippen molar-refractivity contribution < 1.29 is 0 Å². The minimum Gasteiger partial charge on any atom is -0.309 e. The molecule has 8 aromatic carbocycles. The van der Waals surface area contributed by atoms with Gasteiger partial charge < -0.3 is 4.90 Å². The molecule has 0 radical (unpaired) electrons. The number of thiophene rings is 1. The third-order valence-electron chi connectivity index (χ3n) is 10.9. The zero-order valence-corrected chi connectivity index (χ0v) is 29.4. The lowest BCUT2D eigenvalue weighted by molar-refractivity contribution is 0.660. The van der Waals surface area contributed by atoms with Gasteiger partial charge in [0.2, 0.25) is 0 Å². The van der Waals surface area contributed by atoms with Crippen molar-refractivity contribution >= 4 is 59.3 Å². The van der Waals surface area contributed by atoms with Crippen molar-refractivity contribution in [3.05, 3.63) is 187 Å². The molecule has 1 aliphatic carbocycles. The normalized spacial score (nSPS) is 13.1. The summed E-state index contributed by atoms with van der Waals surface area (Å²) in [7, 11) is 0. The summed E-state index contributed by atoms with van der Waals surface area (Å²) >= 11 is 1.87. The third-order valence-corrected chi connectivity index (χ3v) is 12.0. The fourth-order valence-corrected chi connectivity index (χ4v) is 9.44. The van der Waals surface area contributed by atoms with Gasteiger partial charge in [-0.3, -0.25) is 0 Å². The summed E-state index contributed by atoms with van der Waals surface area (Å²) in [6.45, 7) is 4.74. The number of benzene rings is 8. The number of nitrogens with zero attached hydrogens (tertiary/aromatic N) is 1. The smallest absolute Gasteiger partial charge is 0.0555 e. The number of hydrogen-bond donors (Lipinski definition) is 0. The van der Waals surface area contributed by atoms with Gasteiger partial charge in [0.25, 0.3) is 0 Å². The minimum atomic E-state index is -0.121. The molecule has 0 fully saturated rings. The van der Waals surface area contributed by atoms with Crippen LogP contribution in [-0.4, -0.2) is 0 Å². The van der Waals surface area contributed by atoms with Crippen LogP contribution in [0.5, 0.6) is 0 Å². The monoisotopic (exact) mass is 669 g/mol. The van der Waals surface area contributed by atoms with E-state index < -0.39 is 0 Å². The average Bonchev–Trinajstić information content (AvgIpc) is 3.67. The third kappa shape index (κ3) is 4.75. The van der Waals surface area contributed by atoms with Crippen LogP contribution in [0.4, 0.5) is 17.1 Å². The highest BCUT2D eigenvalue weighted by Gasteiger charge is 2.36. The molecule has 0 bridgehead atoms. The topological polar surface area (TPSA) is 3.24 Å². The summed E-state index contributed by atoms with van der Waals surface area (Å²) in [5.74, 6) is 0. The molecule has 0 spiro atoms. The van der Waals surface area contributed by atoms with Crippen molar-refractivity contribution in [2.45, 2.75) is 19.3 Å². The molecule has 0 N–H and O–H groups in total. The van der Waals surface area contributed by atoms with Crippen LogP contribution in [0, 0.1) is 0 Å². The van der Waals surface area contributed by atoms with Crippen LogP contribution in [0.3, 0.4) is 0 Å². The van der Waals surface area contributed by atoms with Crippen molar-refractivity contribution in [2.24, 2.45) is 0 Å². The van der Waals surface area contributed by atoms with Crippen molar-refractivity contribution in [1.29, 1.82) is 0 Å². The molecule has 10 rings (SSSR count). The van der Waals surface area contributed by atoms with Gasteiger partial charge in [0.05, 0.1) is 11.4 Å². The van der Waals surface area contributed by atoms with Gasteiger partial charge in [-0.25, -0.2) is 0 Å². The number of rotatable bonds is 5. The van der Waals surface area contributed by atoms with Crippen LogP contribution in [-0.2, 0) is 5.41 Å². The lowest BCUT2D eigenvalue weighted by Gasteiger charge is -2.31. The molecule has 1 aromatic heterocycles. The van der Waals surface area contributed by atoms with Crippen LogP contribution in [0.1, 0.15) is 25.0 Å². The first kappa shape index (κ1) is 29.9. The fourth-order valence-electron chi connectivity index (χ4n) is 8.31. The maximum absolute atomic E-state index is 2.54. The summed E-state index contributed by atoms with van der Waals surface area (Å²) in [5.41, 5.74) is 13.6. The van der Waals surface area contributed by atoms with E-state index in [0.29, 0.717) is 0 Å². The molecule has 0 saturated heterocycles. The number of hydrogen-bond acceptors (Lipinski definition) is 2. The quantitative estimate of drug-likeness (QED) is 0.176. The van der Waals surface area contributed by atoms with Crippen LogP contribution < -0.4 is 4.90 Å². The Bertz CT molecular complexity index is 2790. The summed E-state index contributed by atoms with van der Waals surface area (Å²) in [6.07, 6.45) is 0. The molecule has 1 nitrogen and oxygen atoms in total. The van der Waals surface area contributed by atoms with Gasteiger partial charge >= 0.3 is 0 Å². The Morgan fingerprint density at radius 2 is 1.12 bits per heavy atom. The predicted molar refractivity (Wildman–Crippen MR) is 220 cm³/mol. The highest BCUT2D eigenvalue weighted by Crippen LogP contribution is 2.53. The molecule has 0 unspecified atom stereocenters. The Morgan fingerprint density at radius 1 is 0.431 bits per heavy atom. The van der Waals surface area contributed by atoms with E-state index >= 15 is 0 Å². The zero-order chi connectivity index (χ0) is 34.1. The first-order valence-electron chi connectivity index (χ1n) is 17.7. The van der Waals surface area contributed by atoms with Crippen molar-refractivity contribution in [1.82, 2.24) is 0 Å². The van der Waals surface area contributed by atoms with Gasteiger partial charge in [-0.05, 0) is 92.2 Å². The standard InChI is InChI=1S/C49H35NS/c1-49(2)42-19-10-8-17-39(42)40-28-26-37(31-43(40)49)50(44-20-12-22-47-48(44)41-18-9-11-21-46(41)51-47)45-30-36(25-27-38(45)33-14-4-3-5-15-33)35-24-23-32-13-6-7-16-34(32)29-35/h3-31H,1-2H3. The van der Waals surface area contributed by atoms with E-state index in [1.165, 1.54) is 81.1 Å². The van der Waals surface area contributed by atoms with Crippen molar-refractivity contribution in [3.63, 3.8) is 0 Å². The van der Waals surface area contributed by atoms with Gasteiger partial charge in [0, 0.05) is 36.8 Å². The summed E-state index contributed by atoms with van der Waals surface area (Å²) in [4.78, 5) is 2.54. The molecule has 0 saturated carbocycles. The number of anilines is 3. The van der Waals surface area contributed by atoms with Crippen LogP contribution in [0.2, 0.25) is 0 Å². The molecule has 1 aliphatic rings. The van der Waals surface area contributed by atoms with Gasteiger partial charge in [0.15, 0.2) is 0 Å². The molecule has 2 heteroatoms. The minimum absolute atomic E-state index is 0.121. The lowest BCUT2D eigenvalue weighted by Crippen LogP contribution is -2.17. The Labute approximate surface area is 302 Å². The lowest BCUT2D eigenvalue weighted by atomic mass is 9.82.